The van der Waals surface area contributed by atoms with Crippen LogP contribution in [0.5, 0.6) is 0 Å². The van der Waals surface area contributed by atoms with Crippen molar-refractivity contribution >= 4 is 5.91 Å². The van der Waals surface area contributed by atoms with Crippen molar-refractivity contribution in [2.75, 3.05) is 0 Å². The molecule has 3 aromatic rings. The number of nitrogens with one attached hydrogen (secondary N) is 3. The van der Waals surface area contributed by atoms with Crippen molar-refractivity contribution in [3.63, 3.8) is 0 Å². The van der Waals surface area contributed by atoms with Crippen LogP contribution in [0.1, 0.15) is 23.7 Å². The molecular weight excluding hydrogens is 366 g/mol. The topological polar surface area (TPSA) is 79.2 Å². The van der Waals surface area contributed by atoms with Gasteiger partial charge in [-0.3, -0.25) is 4.79 Å². The third-order valence-corrected chi connectivity index (χ3v) is 4.63. The van der Waals surface area contributed by atoms with E-state index in [1.165, 1.54) is 18.2 Å². The van der Waals surface area contributed by atoms with E-state index in [2.05, 4.69) is 21.3 Å². The third-order valence-electron chi connectivity index (χ3n) is 4.63. The molecule has 0 aliphatic carbocycles. The Kier molecular flexibility index (Phi) is 5.14. The van der Waals surface area contributed by atoms with Crippen LogP contribution < -0.4 is 16.2 Å². The Morgan fingerprint density at radius 2 is 1.93 bits per heavy atom. The second kappa shape index (κ2) is 7.87. The zero-order chi connectivity index (χ0) is 19.5. The van der Waals surface area contributed by atoms with Crippen molar-refractivity contribution in [2.24, 2.45) is 0 Å². The van der Waals surface area contributed by atoms with Crippen molar-refractivity contribution < 1.29 is 18.1 Å². The Bertz CT molecular complexity index is 974. The Morgan fingerprint density at radius 1 is 1.14 bits per heavy atom. The summed E-state index contributed by atoms with van der Waals surface area (Å²) in [6, 6.07) is 13.5. The summed E-state index contributed by atoms with van der Waals surface area (Å²) in [5.41, 5.74) is 7.70. The minimum absolute atomic E-state index is 0.0870. The van der Waals surface area contributed by atoms with E-state index in [1.54, 1.807) is 36.4 Å². The lowest BCUT2D eigenvalue weighted by atomic mass is 10.0. The molecule has 0 spiro atoms. The van der Waals surface area contributed by atoms with Gasteiger partial charge < -0.3 is 9.84 Å². The van der Waals surface area contributed by atoms with Crippen molar-refractivity contribution in [3.05, 3.63) is 77.5 Å². The molecule has 1 saturated heterocycles. The molecule has 8 heteroatoms. The molecule has 0 bridgehead atoms. The SMILES string of the molecule is O=C(NCc1cc(-c2ccccc2F)on1)C1CC(c2ccc(F)cc2)NN1. The van der Waals surface area contributed by atoms with E-state index >= 15 is 0 Å². The molecule has 144 valence electrons. The van der Waals surface area contributed by atoms with Gasteiger partial charge in [-0.2, -0.15) is 0 Å². The smallest absolute Gasteiger partial charge is 0.238 e. The highest BCUT2D eigenvalue weighted by Crippen LogP contribution is 2.24. The molecule has 3 N–H and O–H groups in total. The predicted octanol–water partition coefficient (Wildman–Crippen LogP) is 2.84. The first-order chi connectivity index (χ1) is 13.6. The Morgan fingerprint density at radius 3 is 2.71 bits per heavy atom. The summed E-state index contributed by atoms with van der Waals surface area (Å²) in [4.78, 5) is 12.4. The fraction of sp³-hybridized carbons (Fsp3) is 0.200. The van der Waals surface area contributed by atoms with E-state index in [0.29, 0.717) is 23.4 Å². The molecule has 1 aromatic heterocycles. The van der Waals surface area contributed by atoms with Crippen molar-refractivity contribution in [3.8, 4) is 11.3 Å². The molecule has 4 rings (SSSR count). The highest BCUT2D eigenvalue weighted by molar-refractivity contribution is 5.82. The molecule has 0 radical (unpaired) electrons. The van der Waals surface area contributed by atoms with Gasteiger partial charge in [-0.15, -0.1) is 0 Å². The van der Waals surface area contributed by atoms with E-state index in [0.717, 1.165) is 5.56 Å². The molecule has 1 fully saturated rings. The Labute approximate surface area is 159 Å². The van der Waals surface area contributed by atoms with Crippen LogP contribution in [0.15, 0.2) is 59.1 Å². The summed E-state index contributed by atoms with van der Waals surface area (Å²) >= 11 is 0. The van der Waals surface area contributed by atoms with Crippen LogP contribution in [0, 0.1) is 11.6 Å². The van der Waals surface area contributed by atoms with Gasteiger partial charge in [0.05, 0.1) is 12.1 Å². The molecule has 1 aliphatic heterocycles. The van der Waals surface area contributed by atoms with Crippen LogP contribution >= 0.6 is 0 Å². The first kappa shape index (κ1) is 18.3. The summed E-state index contributed by atoms with van der Waals surface area (Å²) < 4.78 is 32.0. The second-order valence-corrected chi connectivity index (χ2v) is 6.56. The molecule has 2 aromatic carbocycles. The van der Waals surface area contributed by atoms with E-state index in [4.69, 9.17) is 4.52 Å². The number of hydrogen-bond donors (Lipinski definition) is 3. The number of carbonyl (C=O) groups is 1. The molecule has 2 atom stereocenters. The summed E-state index contributed by atoms with van der Waals surface area (Å²) in [6.45, 7) is 0.163. The quantitative estimate of drug-likeness (QED) is 0.631. The number of amides is 1. The number of aromatic nitrogens is 1. The highest BCUT2D eigenvalue weighted by atomic mass is 19.1. The van der Waals surface area contributed by atoms with E-state index in [9.17, 15) is 13.6 Å². The minimum Gasteiger partial charge on any atom is -0.356 e. The Balaban J connectivity index is 1.33. The number of nitrogens with zero attached hydrogens (tertiary/aromatic N) is 1. The summed E-state index contributed by atoms with van der Waals surface area (Å²) in [5, 5.41) is 6.66. The van der Waals surface area contributed by atoms with E-state index in [-0.39, 0.29) is 24.3 Å². The van der Waals surface area contributed by atoms with Crippen LogP contribution in [0.2, 0.25) is 0 Å². The molecular formula is C20H18F2N4O2. The first-order valence-corrected chi connectivity index (χ1v) is 8.85. The van der Waals surface area contributed by atoms with Crippen molar-refractivity contribution in [1.82, 2.24) is 21.3 Å². The standard InChI is InChI=1S/C20H18F2N4O2/c21-13-7-5-12(6-8-13)17-10-18(25-24-17)20(27)23-11-14-9-19(28-26-14)15-3-1-2-4-16(15)22/h1-9,17-18,24-25H,10-11H2,(H,23,27). The summed E-state index contributed by atoms with van der Waals surface area (Å²) in [5.74, 6) is -0.597. The van der Waals surface area contributed by atoms with Gasteiger partial charge in [0.15, 0.2) is 5.76 Å². The van der Waals surface area contributed by atoms with Crippen LogP contribution in [0.25, 0.3) is 11.3 Å². The van der Waals surface area contributed by atoms with Gasteiger partial charge in [0, 0.05) is 12.1 Å². The zero-order valence-corrected chi connectivity index (χ0v) is 14.8. The van der Waals surface area contributed by atoms with Gasteiger partial charge in [-0.25, -0.2) is 19.6 Å². The Hall–Kier alpha value is -3.10. The fourth-order valence-electron chi connectivity index (χ4n) is 3.13. The number of halogens is 2. The maximum absolute atomic E-state index is 13.8. The van der Waals surface area contributed by atoms with Crippen LogP contribution in [0.4, 0.5) is 8.78 Å². The van der Waals surface area contributed by atoms with Gasteiger partial charge in [-0.05, 0) is 36.2 Å². The summed E-state index contributed by atoms with van der Waals surface area (Å²) in [6.07, 6.45) is 0.525. The van der Waals surface area contributed by atoms with Crippen molar-refractivity contribution in [1.29, 1.82) is 0 Å². The second-order valence-electron chi connectivity index (χ2n) is 6.56. The highest BCUT2D eigenvalue weighted by Gasteiger charge is 2.30. The predicted molar refractivity (Wildman–Crippen MR) is 97.6 cm³/mol. The van der Waals surface area contributed by atoms with Gasteiger partial charge in [0.25, 0.3) is 0 Å². The van der Waals surface area contributed by atoms with Crippen LogP contribution in [-0.4, -0.2) is 17.1 Å². The lowest BCUT2D eigenvalue weighted by molar-refractivity contribution is -0.123. The van der Waals surface area contributed by atoms with Crippen molar-refractivity contribution in [2.45, 2.75) is 25.0 Å². The third kappa shape index (κ3) is 3.92. The minimum atomic E-state index is -0.437. The average molecular weight is 384 g/mol. The number of benzene rings is 2. The monoisotopic (exact) mass is 384 g/mol. The maximum Gasteiger partial charge on any atom is 0.238 e. The van der Waals surface area contributed by atoms with Gasteiger partial charge in [-0.1, -0.05) is 29.4 Å². The first-order valence-electron chi connectivity index (χ1n) is 8.85. The van der Waals surface area contributed by atoms with Crippen LogP contribution in [0.3, 0.4) is 0 Å². The molecule has 6 nitrogen and oxygen atoms in total. The number of carbonyl (C=O) groups excluding carboxylic acids is 1. The lowest BCUT2D eigenvalue weighted by Crippen LogP contribution is -2.42. The zero-order valence-electron chi connectivity index (χ0n) is 14.8. The molecule has 2 heterocycles. The average Bonchev–Trinajstić information content (AvgIpc) is 3.37. The summed E-state index contributed by atoms with van der Waals surface area (Å²) in [7, 11) is 0. The normalized spacial score (nSPS) is 18.9. The van der Waals surface area contributed by atoms with Crippen LogP contribution in [-0.2, 0) is 11.3 Å². The largest absolute Gasteiger partial charge is 0.356 e. The fourth-order valence-corrected chi connectivity index (χ4v) is 3.13. The number of hydrazine groups is 1. The molecule has 0 saturated carbocycles. The number of hydrogen-bond acceptors (Lipinski definition) is 5. The van der Waals surface area contributed by atoms with Gasteiger partial charge >= 0.3 is 0 Å². The van der Waals surface area contributed by atoms with Gasteiger partial charge in [0.2, 0.25) is 5.91 Å². The molecule has 1 aliphatic rings. The maximum atomic E-state index is 13.8. The van der Waals surface area contributed by atoms with E-state index < -0.39 is 11.9 Å². The lowest BCUT2D eigenvalue weighted by Gasteiger charge is -2.10. The molecule has 2 unspecified atom stereocenters. The molecule has 28 heavy (non-hydrogen) atoms. The molecule has 1 amide bonds. The number of rotatable bonds is 5. The van der Waals surface area contributed by atoms with E-state index in [1.807, 2.05) is 0 Å². The van der Waals surface area contributed by atoms with Gasteiger partial charge in [0.1, 0.15) is 23.4 Å².